The average molecular weight is 410 g/mol. The number of carboxylic acids is 1. The molecule has 162 valence electrons. The first-order valence-corrected chi connectivity index (χ1v) is 11.4. The lowest BCUT2D eigenvalue weighted by Crippen LogP contribution is -2.51. The topological polar surface area (TPSA) is 49.8 Å². The third-order valence-electron chi connectivity index (χ3n) is 7.35. The van der Waals surface area contributed by atoms with E-state index in [0.717, 1.165) is 24.5 Å². The molecule has 1 atom stereocenters. The molecule has 1 saturated carbocycles. The number of benzene rings is 2. The molecule has 2 aromatic carbocycles. The van der Waals surface area contributed by atoms with E-state index in [1.165, 1.54) is 29.2 Å². The lowest BCUT2D eigenvalue weighted by Gasteiger charge is -2.41. The molecule has 1 saturated heterocycles. The summed E-state index contributed by atoms with van der Waals surface area (Å²) in [5, 5.41) is 11.5. The van der Waals surface area contributed by atoms with Crippen LogP contribution in [-0.2, 0) is 4.79 Å². The molecule has 0 bridgehead atoms. The van der Waals surface area contributed by atoms with Gasteiger partial charge in [-0.2, -0.15) is 0 Å². The Labute approximate surface area is 180 Å². The fraction of sp³-hybridized carbons (Fsp3) is 0.577. The Morgan fingerprint density at radius 2 is 1.80 bits per heavy atom. The van der Waals surface area contributed by atoms with Gasteiger partial charge in [0, 0.05) is 24.5 Å². The quantitative estimate of drug-likeness (QED) is 0.668. The average Bonchev–Trinajstić information content (AvgIpc) is 2.66. The molecule has 4 nitrogen and oxygen atoms in total. The lowest BCUT2D eigenvalue weighted by atomic mass is 9.72. The lowest BCUT2D eigenvalue weighted by molar-refractivity contribution is -0.148. The summed E-state index contributed by atoms with van der Waals surface area (Å²) in [6.07, 6.45) is 5.06. The number of hydrogen-bond donors (Lipinski definition) is 1. The number of carboxylic acid groups (broad SMARTS) is 1. The van der Waals surface area contributed by atoms with Gasteiger partial charge >= 0.3 is 5.97 Å². The Morgan fingerprint density at radius 1 is 1.10 bits per heavy atom. The second-order valence-corrected chi connectivity index (χ2v) is 10.4. The number of ether oxygens (including phenoxy) is 1. The first-order valence-electron chi connectivity index (χ1n) is 11.4. The zero-order valence-corrected chi connectivity index (χ0v) is 18.7. The van der Waals surface area contributed by atoms with E-state index >= 15 is 0 Å². The molecule has 2 aliphatic rings. The number of hydrogen-bond acceptors (Lipinski definition) is 3. The zero-order valence-electron chi connectivity index (χ0n) is 18.7. The van der Waals surface area contributed by atoms with Crippen LogP contribution in [0.3, 0.4) is 0 Å². The summed E-state index contributed by atoms with van der Waals surface area (Å²) >= 11 is 0. The van der Waals surface area contributed by atoms with E-state index in [4.69, 9.17) is 9.84 Å². The Morgan fingerprint density at radius 3 is 2.43 bits per heavy atom. The minimum atomic E-state index is -0.685. The van der Waals surface area contributed by atoms with E-state index < -0.39 is 5.97 Å². The Balaban J connectivity index is 1.44. The number of fused-ring (bicyclic) bond motifs is 1. The molecule has 4 heteroatoms. The Hall–Kier alpha value is -2.07. The van der Waals surface area contributed by atoms with Gasteiger partial charge in [0.15, 0.2) is 0 Å². The number of carbonyl (C=O) groups is 1. The van der Waals surface area contributed by atoms with Crippen LogP contribution in [0.15, 0.2) is 36.4 Å². The summed E-state index contributed by atoms with van der Waals surface area (Å²) < 4.78 is 6.47. The van der Waals surface area contributed by atoms with Crippen molar-refractivity contribution < 1.29 is 14.6 Å². The second-order valence-electron chi connectivity index (χ2n) is 10.4. The standard InChI is InChI=1S/C26H35NO3/c1-17(27-15-20(16-27)25(28)29)18-8-13-23-19(14-18)6-5-7-24(23)30-22-11-9-21(10-12-22)26(2,3)4/h5-8,13-14,17,20-22H,9-12,15-16H2,1-4H3,(H,28,29). The van der Waals surface area contributed by atoms with Crippen LogP contribution < -0.4 is 4.74 Å². The van der Waals surface area contributed by atoms with Crippen LogP contribution in [0.4, 0.5) is 0 Å². The molecule has 1 aliphatic heterocycles. The highest BCUT2D eigenvalue weighted by Crippen LogP contribution is 2.40. The van der Waals surface area contributed by atoms with Crippen molar-refractivity contribution in [2.45, 2.75) is 65.5 Å². The molecule has 1 N–H and O–H groups in total. The van der Waals surface area contributed by atoms with Crippen molar-refractivity contribution in [2.75, 3.05) is 13.1 Å². The highest BCUT2D eigenvalue weighted by Gasteiger charge is 2.35. The zero-order chi connectivity index (χ0) is 21.5. The molecule has 0 radical (unpaired) electrons. The molecule has 1 unspecified atom stereocenters. The molecular weight excluding hydrogens is 374 g/mol. The van der Waals surface area contributed by atoms with Crippen LogP contribution >= 0.6 is 0 Å². The van der Waals surface area contributed by atoms with Crippen molar-refractivity contribution in [3.05, 3.63) is 42.0 Å². The maximum Gasteiger partial charge on any atom is 0.309 e. The highest BCUT2D eigenvalue weighted by atomic mass is 16.5. The van der Waals surface area contributed by atoms with Crippen molar-refractivity contribution in [1.82, 2.24) is 4.90 Å². The fourth-order valence-electron chi connectivity index (χ4n) is 5.06. The maximum absolute atomic E-state index is 11.1. The monoisotopic (exact) mass is 409 g/mol. The first-order chi connectivity index (χ1) is 14.2. The number of rotatable bonds is 5. The van der Waals surface area contributed by atoms with Gasteiger partial charge in [0.25, 0.3) is 0 Å². The molecule has 2 fully saturated rings. The van der Waals surface area contributed by atoms with Crippen molar-refractivity contribution in [1.29, 1.82) is 0 Å². The second kappa shape index (κ2) is 8.22. The molecule has 0 amide bonds. The SMILES string of the molecule is CC(c1ccc2c(OC3CCC(C(C)(C)C)CC3)cccc2c1)N1CC(C(=O)O)C1. The normalized spacial score (nSPS) is 24.4. The molecule has 1 heterocycles. The largest absolute Gasteiger partial charge is 0.490 e. The molecule has 4 rings (SSSR count). The van der Waals surface area contributed by atoms with Crippen molar-refractivity contribution in [3.63, 3.8) is 0 Å². The maximum atomic E-state index is 11.1. The van der Waals surface area contributed by atoms with E-state index in [-0.39, 0.29) is 12.0 Å². The molecular formula is C26H35NO3. The van der Waals surface area contributed by atoms with Gasteiger partial charge < -0.3 is 9.84 Å². The Bertz CT molecular complexity index is 902. The van der Waals surface area contributed by atoms with E-state index in [2.05, 4.69) is 69.0 Å². The van der Waals surface area contributed by atoms with Gasteiger partial charge in [0.1, 0.15) is 5.75 Å². The van der Waals surface area contributed by atoms with E-state index in [1.807, 2.05) is 0 Å². The molecule has 30 heavy (non-hydrogen) atoms. The summed E-state index contributed by atoms with van der Waals surface area (Å²) in [5.41, 5.74) is 1.62. The smallest absolute Gasteiger partial charge is 0.309 e. The highest BCUT2D eigenvalue weighted by molar-refractivity contribution is 5.89. The van der Waals surface area contributed by atoms with Crippen LogP contribution in [0.2, 0.25) is 0 Å². The fourth-order valence-corrected chi connectivity index (χ4v) is 5.06. The van der Waals surface area contributed by atoms with Gasteiger partial charge in [-0.25, -0.2) is 0 Å². The van der Waals surface area contributed by atoms with Gasteiger partial charge in [-0.15, -0.1) is 0 Å². The van der Waals surface area contributed by atoms with E-state index in [0.29, 0.717) is 24.6 Å². The minimum Gasteiger partial charge on any atom is -0.490 e. The van der Waals surface area contributed by atoms with Crippen LogP contribution in [0.5, 0.6) is 5.75 Å². The predicted octanol–water partition coefficient (Wildman–Crippen LogP) is 5.90. The molecule has 2 aromatic rings. The predicted molar refractivity (Wildman–Crippen MR) is 121 cm³/mol. The molecule has 0 spiro atoms. The third-order valence-corrected chi connectivity index (χ3v) is 7.35. The van der Waals surface area contributed by atoms with Crippen LogP contribution in [-0.4, -0.2) is 35.2 Å². The summed E-state index contributed by atoms with van der Waals surface area (Å²) in [4.78, 5) is 13.3. The summed E-state index contributed by atoms with van der Waals surface area (Å²) in [6, 6.07) is 13.1. The van der Waals surface area contributed by atoms with Gasteiger partial charge in [-0.1, -0.05) is 45.0 Å². The van der Waals surface area contributed by atoms with E-state index in [9.17, 15) is 4.79 Å². The first kappa shape index (κ1) is 21.2. The summed E-state index contributed by atoms with van der Waals surface area (Å²) in [5.74, 6) is 0.869. The summed E-state index contributed by atoms with van der Waals surface area (Å²) in [6.45, 7) is 10.5. The number of aliphatic carboxylic acids is 1. The van der Waals surface area contributed by atoms with Crippen molar-refractivity contribution in [2.24, 2.45) is 17.3 Å². The van der Waals surface area contributed by atoms with Crippen LogP contribution in [0.1, 0.15) is 65.0 Å². The number of nitrogens with zero attached hydrogens (tertiary/aromatic N) is 1. The third kappa shape index (κ3) is 4.34. The Kier molecular flexibility index (Phi) is 5.80. The molecule has 1 aliphatic carbocycles. The van der Waals surface area contributed by atoms with Crippen LogP contribution in [0.25, 0.3) is 10.8 Å². The minimum absolute atomic E-state index is 0.221. The molecule has 0 aromatic heterocycles. The summed E-state index contributed by atoms with van der Waals surface area (Å²) in [7, 11) is 0. The van der Waals surface area contributed by atoms with Gasteiger partial charge in [0.05, 0.1) is 12.0 Å². The van der Waals surface area contributed by atoms with Crippen LogP contribution in [0, 0.1) is 17.3 Å². The van der Waals surface area contributed by atoms with Gasteiger partial charge in [-0.3, -0.25) is 9.69 Å². The van der Waals surface area contributed by atoms with Gasteiger partial charge in [-0.05, 0) is 67.0 Å². The van der Waals surface area contributed by atoms with E-state index in [1.54, 1.807) is 0 Å². The number of likely N-dealkylation sites (tertiary alicyclic amines) is 1. The van der Waals surface area contributed by atoms with Gasteiger partial charge in [0.2, 0.25) is 0 Å². The van der Waals surface area contributed by atoms with Crippen molar-refractivity contribution in [3.8, 4) is 5.75 Å². The van der Waals surface area contributed by atoms with Crippen molar-refractivity contribution >= 4 is 16.7 Å².